The molecule has 1 N–H and O–H groups in total. The van der Waals surface area contributed by atoms with Crippen LogP contribution in [0.1, 0.15) is 61.1 Å². The molecule has 0 aliphatic carbocycles. The van der Waals surface area contributed by atoms with Gasteiger partial charge in [-0.25, -0.2) is 4.79 Å². The number of hydrogen-bond acceptors (Lipinski definition) is 5. The molecule has 2 heterocycles. The molecule has 46 heavy (non-hydrogen) atoms. The summed E-state index contributed by atoms with van der Waals surface area (Å²) in [6.45, 7) is 7.63. The van der Waals surface area contributed by atoms with Gasteiger partial charge in [-0.15, -0.1) is 0 Å². The summed E-state index contributed by atoms with van der Waals surface area (Å²) in [6.07, 6.45) is -1.54. The molecule has 7 nitrogen and oxygen atoms in total. The summed E-state index contributed by atoms with van der Waals surface area (Å²) in [5.74, 6) is -0.484. The van der Waals surface area contributed by atoms with Crippen LogP contribution in [0, 0.1) is 6.92 Å². The molecule has 0 fully saturated rings. The zero-order valence-corrected chi connectivity index (χ0v) is 26.2. The number of carboxylic acids is 1. The number of carbonyl (C=O) groups is 1. The highest BCUT2D eigenvalue weighted by molar-refractivity contribution is 6.00. The van der Waals surface area contributed by atoms with Gasteiger partial charge < -0.3 is 19.1 Å². The monoisotopic (exact) mass is 632 g/mol. The van der Waals surface area contributed by atoms with Gasteiger partial charge in [0, 0.05) is 42.3 Å². The van der Waals surface area contributed by atoms with E-state index in [4.69, 9.17) is 9.47 Å². The number of aryl methyl sites for hydroxylation is 1. The number of allylic oxidation sites excluding steroid dienone is 1. The summed E-state index contributed by atoms with van der Waals surface area (Å²) in [6, 6.07) is 15.1. The van der Waals surface area contributed by atoms with Crippen molar-refractivity contribution < 1.29 is 32.5 Å². The molecule has 1 atom stereocenters. The number of benzene rings is 3. The maximum absolute atomic E-state index is 13.3. The number of aliphatic carboxylic acids is 1. The van der Waals surface area contributed by atoms with Crippen LogP contribution in [0.4, 0.5) is 13.2 Å². The standard InChI is InChI=1S/C36H35F3N2O5/c1-21-18-28-26(11-13-30(42)41(28)20-22-6-9-25(10-7-22)36(37,38)39)32(31(21)33(34(43)44)46-35(2,3)4)24-8-12-29-27(19-24)23(14-16-40-5)15-17-45-29/h6-14,16,18-19,33H,15,17,20H2,1-5H3,(H,43,44)/b23-14-,40-16?/t33-/m0/s1. The van der Waals surface area contributed by atoms with Crippen LogP contribution in [-0.4, -0.2) is 41.1 Å². The minimum Gasteiger partial charge on any atom is -0.493 e. The zero-order valence-electron chi connectivity index (χ0n) is 26.2. The van der Waals surface area contributed by atoms with Crippen LogP contribution in [0.5, 0.6) is 5.75 Å². The van der Waals surface area contributed by atoms with E-state index in [9.17, 15) is 27.9 Å². The van der Waals surface area contributed by atoms with Crippen LogP contribution in [-0.2, 0) is 22.3 Å². The molecule has 0 saturated carbocycles. The lowest BCUT2D eigenvalue weighted by Gasteiger charge is -2.29. The van der Waals surface area contributed by atoms with Crippen LogP contribution >= 0.6 is 0 Å². The molecular weight excluding hydrogens is 597 g/mol. The quantitative estimate of drug-likeness (QED) is 0.210. The van der Waals surface area contributed by atoms with Crippen molar-refractivity contribution in [3.63, 3.8) is 0 Å². The number of ether oxygens (including phenoxy) is 2. The highest BCUT2D eigenvalue weighted by Crippen LogP contribution is 2.43. The van der Waals surface area contributed by atoms with Crippen molar-refractivity contribution in [2.75, 3.05) is 13.7 Å². The van der Waals surface area contributed by atoms with Crippen LogP contribution in [0.25, 0.3) is 27.6 Å². The number of nitrogens with zero attached hydrogens (tertiary/aromatic N) is 2. The lowest BCUT2D eigenvalue weighted by molar-refractivity contribution is -0.160. The van der Waals surface area contributed by atoms with Crippen LogP contribution < -0.4 is 10.3 Å². The van der Waals surface area contributed by atoms with Crippen molar-refractivity contribution in [3.05, 3.63) is 105 Å². The molecule has 0 spiro atoms. The summed E-state index contributed by atoms with van der Waals surface area (Å²) in [4.78, 5) is 30.2. The summed E-state index contributed by atoms with van der Waals surface area (Å²) < 4.78 is 53.1. The molecule has 1 aliphatic heterocycles. The predicted octanol–water partition coefficient (Wildman–Crippen LogP) is 7.85. The third kappa shape index (κ3) is 6.77. The Morgan fingerprint density at radius 3 is 2.43 bits per heavy atom. The van der Waals surface area contributed by atoms with Crippen LogP contribution in [0.2, 0.25) is 0 Å². The second-order valence-corrected chi connectivity index (χ2v) is 12.2. The smallest absolute Gasteiger partial charge is 0.416 e. The molecule has 5 rings (SSSR count). The average Bonchev–Trinajstić information content (AvgIpc) is 2.99. The van der Waals surface area contributed by atoms with Gasteiger partial charge in [-0.05, 0) is 98.0 Å². The van der Waals surface area contributed by atoms with Crippen molar-refractivity contribution >= 4 is 28.7 Å². The van der Waals surface area contributed by atoms with E-state index >= 15 is 0 Å². The van der Waals surface area contributed by atoms with E-state index in [0.29, 0.717) is 57.5 Å². The Morgan fingerprint density at radius 1 is 1.09 bits per heavy atom. The summed E-state index contributed by atoms with van der Waals surface area (Å²) in [7, 11) is 1.68. The largest absolute Gasteiger partial charge is 0.493 e. The molecule has 1 aliphatic rings. The van der Waals surface area contributed by atoms with E-state index < -0.39 is 29.4 Å². The summed E-state index contributed by atoms with van der Waals surface area (Å²) in [5, 5.41) is 11.0. The first-order chi connectivity index (χ1) is 21.7. The first kappa shape index (κ1) is 32.7. The fourth-order valence-corrected chi connectivity index (χ4v) is 5.77. The van der Waals surface area contributed by atoms with Crippen molar-refractivity contribution in [2.24, 2.45) is 4.99 Å². The molecule has 0 unspecified atom stereocenters. The van der Waals surface area contributed by atoms with Gasteiger partial charge in [0.05, 0.1) is 29.8 Å². The number of carboxylic acid groups (broad SMARTS) is 1. The topological polar surface area (TPSA) is 90.1 Å². The van der Waals surface area contributed by atoms with Gasteiger partial charge in [0.2, 0.25) is 0 Å². The average molecular weight is 633 g/mol. The van der Waals surface area contributed by atoms with Crippen molar-refractivity contribution in [2.45, 2.75) is 58.5 Å². The van der Waals surface area contributed by atoms with Gasteiger partial charge in [0.1, 0.15) is 5.75 Å². The van der Waals surface area contributed by atoms with Crippen molar-refractivity contribution in [1.29, 1.82) is 0 Å². The molecule has 10 heteroatoms. The highest BCUT2D eigenvalue weighted by Gasteiger charge is 2.33. The molecule has 0 amide bonds. The fraction of sp³-hybridized carbons (Fsp3) is 0.306. The molecule has 0 radical (unpaired) electrons. The van der Waals surface area contributed by atoms with E-state index in [1.165, 1.54) is 22.8 Å². The minimum atomic E-state index is -4.48. The van der Waals surface area contributed by atoms with Crippen molar-refractivity contribution in [1.82, 2.24) is 4.57 Å². The maximum atomic E-state index is 13.3. The SMILES string of the molecule is CN=C/C=C1/CCOc2ccc(-c3c([C@H](OC(C)(C)C)C(=O)O)c(C)cc4c3ccc(=O)n4Cc3ccc(C(F)(F)F)cc3)cc21. The van der Waals surface area contributed by atoms with E-state index in [-0.39, 0.29) is 12.1 Å². The second-order valence-electron chi connectivity index (χ2n) is 12.2. The number of aliphatic imine (C=N–C) groups is 1. The molecule has 240 valence electrons. The van der Waals surface area contributed by atoms with E-state index in [1.54, 1.807) is 53.1 Å². The van der Waals surface area contributed by atoms with E-state index in [0.717, 1.165) is 23.3 Å². The number of rotatable bonds is 7. The summed E-state index contributed by atoms with van der Waals surface area (Å²) >= 11 is 0. The Morgan fingerprint density at radius 2 is 1.80 bits per heavy atom. The third-order valence-corrected chi connectivity index (χ3v) is 7.79. The Balaban J connectivity index is 1.79. The fourth-order valence-electron chi connectivity index (χ4n) is 5.77. The lowest BCUT2D eigenvalue weighted by Crippen LogP contribution is -2.28. The zero-order chi connectivity index (χ0) is 33.4. The van der Waals surface area contributed by atoms with Gasteiger partial charge >= 0.3 is 12.1 Å². The molecule has 1 aromatic heterocycles. The highest BCUT2D eigenvalue weighted by atomic mass is 19.4. The predicted molar refractivity (Wildman–Crippen MR) is 173 cm³/mol. The number of hydrogen-bond donors (Lipinski definition) is 1. The Labute approximate surface area is 264 Å². The van der Waals surface area contributed by atoms with Crippen LogP contribution in [0.3, 0.4) is 0 Å². The number of alkyl halides is 3. The first-order valence-corrected chi connectivity index (χ1v) is 14.8. The number of pyridine rings is 1. The molecular formula is C36H35F3N2O5. The van der Waals surface area contributed by atoms with E-state index in [2.05, 4.69) is 4.99 Å². The number of fused-ring (bicyclic) bond motifs is 2. The molecule has 4 aromatic rings. The van der Waals surface area contributed by atoms with E-state index in [1.807, 2.05) is 24.3 Å². The Bertz CT molecular complexity index is 1920. The minimum absolute atomic E-state index is 0.00858. The lowest BCUT2D eigenvalue weighted by atomic mass is 9.86. The maximum Gasteiger partial charge on any atom is 0.416 e. The normalized spacial score (nSPS) is 15.3. The van der Waals surface area contributed by atoms with Crippen molar-refractivity contribution in [3.8, 4) is 16.9 Å². The van der Waals surface area contributed by atoms with Gasteiger partial charge in [-0.2, -0.15) is 13.2 Å². The van der Waals surface area contributed by atoms with Gasteiger partial charge in [0.25, 0.3) is 5.56 Å². The van der Waals surface area contributed by atoms with Gasteiger partial charge in [0.15, 0.2) is 6.10 Å². The number of halogens is 3. The molecule has 3 aromatic carbocycles. The van der Waals surface area contributed by atoms with Crippen LogP contribution in [0.15, 0.2) is 76.5 Å². The molecule has 0 bridgehead atoms. The number of aromatic nitrogens is 1. The Hall–Kier alpha value is -4.70. The Kier molecular flexibility index (Phi) is 8.95. The van der Waals surface area contributed by atoms with Gasteiger partial charge in [-0.3, -0.25) is 9.79 Å². The third-order valence-electron chi connectivity index (χ3n) is 7.79. The first-order valence-electron chi connectivity index (χ1n) is 14.8. The van der Waals surface area contributed by atoms with Gasteiger partial charge in [-0.1, -0.05) is 18.2 Å². The molecule has 0 saturated heterocycles. The second kappa shape index (κ2) is 12.6. The summed E-state index contributed by atoms with van der Waals surface area (Å²) in [5.41, 5.74) is 3.20.